The van der Waals surface area contributed by atoms with Crippen LogP contribution in [-0.2, 0) is 12.8 Å². The summed E-state index contributed by atoms with van der Waals surface area (Å²) in [4.78, 5) is 22.1. The maximum atomic E-state index is 12.9. The van der Waals surface area contributed by atoms with Crippen molar-refractivity contribution in [1.82, 2.24) is 24.4 Å². The number of urea groups is 1. The maximum absolute atomic E-state index is 12.9. The summed E-state index contributed by atoms with van der Waals surface area (Å²) < 4.78 is 17.8. The SMILES string of the molecule is CCc1nc2c(C)nc(C)cn2c1-c1ccc(CCNC(=O)NSc2ccc(F)cc2)cc1. The number of carbonyl (C=O) groups excluding carboxylic acids is 1. The molecule has 0 spiro atoms. The predicted octanol–water partition coefficient (Wildman–Crippen LogP) is 5.26. The number of rotatable bonds is 7. The molecular weight excluding hydrogens is 437 g/mol. The lowest BCUT2D eigenvalue weighted by Gasteiger charge is -2.09. The van der Waals surface area contributed by atoms with Gasteiger partial charge in [0.25, 0.3) is 0 Å². The zero-order valence-electron chi connectivity index (χ0n) is 18.9. The molecule has 0 saturated heterocycles. The molecule has 170 valence electrons. The van der Waals surface area contributed by atoms with Crippen LogP contribution >= 0.6 is 11.9 Å². The minimum Gasteiger partial charge on any atom is -0.337 e. The van der Waals surface area contributed by atoms with E-state index in [4.69, 9.17) is 4.98 Å². The molecule has 0 fully saturated rings. The monoisotopic (exact) mass is 463 g/mol. The molecule has 0 aliphatic heterocycles. The molecule has 0 bridgehead atoms. The number of aryl methyl sites for hydroxylation is 3. The summed E-state index contributed by atoms with van der Waals surface area (Å²) in [5.74, 6) is -0.301. The lowest BCUT2D eigenvalue weighted by atomic mass is 10.0. The number of hydrogen-bond donors (Lipinski definition) is 2. The lowest BCUT2D eigenvalue weighted by molar-refractivity contribution is 0.246. The van der Waals surface area contributed by atoms with E-state index >= 15 is 0 Å². The van der Waals surface area contributed by atoms with Crippen molar-refractivity contribution in [2.45, 2.75) is 38.5 Å². The number of hydrogen-bond acceptors (Lipinski definition) is 4. The number of fused-ring (bicyclic) bond motifs is 1. The van der Waals surface area contributed by atoms with Crippen LogP contribution in [0.4, 0.5) is 9.18 Å². The highest BCUT2D eigenvalue weighted by Crippen LogP contribution is 2.27. The number of halogens is 1. The summed E-state index contributed by atoms with van der Waals surface area (Å²) in [5, 5.41) is 2.84. The van der Waals surface area contributed by atoms with E-state index in [1.165, 1.54) is 12.1 Å². The van der Waals surface area contributed by atoms with E-state index in [0.717, 1.165) is 62.8 Å². The number of nitrogens with one attached hydrogen (secondary N) is 2. The second-order valence-corrected chi connectivity index (χ2v) is 8.66. The van der Waals surface area contributed by atoms with Gasteiger partial charge < -0.3 is 5.32 Å². The van der Waals surface area contributed by atoms with Gasteiger partial charge in [-0.15, -0.1) is 0 Å². The fourth-order valence-corrected chi connectivity index (χ4v) is 4.29. The van der Waals surface area contributed by atoms with Gasteiger partial charge in [0.15, 0.2) is 5.65 Å². The van der Waals surface area contributed by atoms with Gasteiger partial charge in [0, 0.05) is 23.2 Å². The first-order valence-corrected chi connectivity index (χ1v) is 11.7. The van der Waals surface area contributed by atoms with Gasteiger partial charge in [-0.1, -0.05) is 31.2 Å². The summed E-state index contributed by atoms with van der Waals surface area (Å²) in [5.41, 5.74) is 7.17. The molecule has 2 aromatic heterocycles. The molecule has 4 rings (SSSR count). The van der Waals surface area contributed by atoms with Crippen LogP contribution in [0.25, 0.3) is 16.9 Å². The van der Waals surface area contributed by atoms with Crippen molar-refractivity contribution in [1.29, 1.82) is 0 Å². The van der Waals surface area contributed by atoms with Gasteiger partial charge in [-0.3, -0.25) is 14.1 Å². The number of carbonyl (C=O) groups is 1. The van der Waals surface area contributed by atoms with Crippen molar-refractivity contribution >= 4 is 23.6 Å². The van der Waals surface area contributed by atoms with E-state index in [1.807, 2.05) is 20.0 Å². The number of nitrogens with zero attached hydrogens (tertiary/aromatic N) is 3. The molecule has 2 heterocycles. The van der Waals surface area contributed by atoms with Crippen LogP contribution in [-0.4, -0.2) is 26.9 Å². The van der Waals surface area contributed by atoms with E-state index in [0.29, 0.717) is 13.0 Å². The molecule has 0 radical (unpaired) electrons. The van der Waals surface area contributed by atoms with Crippen LogP contribution in [0, 0.1) is 19.7 Å². The van der Waals surface area contributed by atoms with Crippen molar-refractivity contribution in [3.8, 4) is 11.3 Å². The largest absolute Gasteiger partial charge is 0.337 e. The second-order valence-electron chi connectivity index (χ2n) is 7.78. The van der Waals surface area contributed by atoms with Gasteiger partial charge in [0.1, 0.15) is 5.82 Å². The fourth-order valence-electron chi connectivity index (χ4n) is 3.74. The first kappa shape index (κ1) is 22.8. The Hall–Kier alpha value is -3.39. The molecule has 8 heteroatoms. The molecule has 2 amide bonds. The molecule has 0 saturated carbocycles. The third kappa shape index (κ3) is 5.34. The summed E-state index contributed by atoms with van der Waals surface area (Å²) in [6, 6.07) is 14.1. The zero-order chi connectivity index (χ0) is 23.4. The Labute approximate surface area is 196 Å². The maximum Gasteiger partial charge on any atom is 0.325 e. The normalized spacial score (nSPS) is 11.0. The first-order chi connectivity index (χ1) is 15.9. The molecule has 0 unspecified atom stereocenters. The quantitative estimate of drug-likeness (QED) is 0.367. The Morgan fingerprint density at radius 2 is 1.79 bits per heavy atom. The summed E-state index contributed by atoms with van der Waals surface area (Å²) in [6.45, 7) is 6.60. The Morgan fingerprint density at radius 1 is 1.06 bits per heavy atom. The Balaban J connectivity index is 1.37. The van der Waals surface area contributed by atoms with Crippen LogP contribution in [0.15, 0.2) is 59.6 Å². The van der Waals surface area contributed by atoms with E-state index in [1.54, 1.807) is 12.1 Å². The number of aromatic nitrogens is 3. The Bertz CT molecular complexity index is 1270. The van der Waals surface area contributed by atoms with Crippen LogP contribution < -0.4 is 10.0 Å². The molecule has 0 aliphatic rings. The van der Waals surface area contributed by atoms with Crippen molar-refractivity contribution in [3.63, 3.8) is 0 Å². The standard InChI is InChI=1S/C25H26FN5OS/c1-4-22-23(31-15-16(2)28-17(3)24(31)29-22)19-7-5-18(6-8-19)13-14-27-25(32)30-33-21-11-9-20(26)10-12-21/h5-12,15H,4,13-14H2,1-3H3,(H2,27,30,32). The molecule has 6 nitrogen and oxygen atoms in total. The molecule has 0 atom stereocenters. The highest BCUT2D eigenvalue weighted by molar-refractivity contribution is 7.98. The van der Waals surface area contributed by atoms with E-state index in [-0.39, 0.29) is 11.8 Å². The molecular formula is C25H26FN5OS. The number of imidazole rings is 1. The molecule has 2 N–H and O–H groups in total. The fraction of sp³-hybridized carbons (Fsp3) is 0.240. The van der Waals surface area contributed by atoms with E-state index < -0.39 is 0 Å². The summed E-state index contributed by atoms with van der Waals surface area (Å²) >= 11 is 1.15. The molecule has 4 aromatic rings. The second kappa shape index (κ2) is 10.0. The zero-order valence-corrected chi connectivity index (χ0v) is 19.7. The highest BCUT2D eigenvalue weighted by atomic mass is 32.2. The van der Waals surface area contributed by atoms with Crippen LogP contribution in [0.2, 0.25) is 0 Å². The number of benzene rings is 2. The topological polar surface area (TPSA) is 71.3 Å². The summed E-state index contributed by atoms with van der Waals surface area (Å²) in [6.07, 6.45) is 3.58. The van der Waals surface area contributed by atoms with Crippen molar-refractivity contribution < 1.29 is 9.18 Å². The Kier molecular flexibility index (Phi) is 6.93. The number of amides is 2. The minimum absolute atomic E-state index is 0.279. The van der Waals surface area contributed by atoms with Gasteiger partial charge in [0.2, 0.25) is 0 Å². The van der Waals surface area contributed by atoms with Crippen molar-refractivity contribution in [3.05, 3.63) is 83.2 Å². The van der Waals surface area contributed by atoms with Gasteiger partial charge in [-0.2, -0.15) is 0 Å². The van der Waals surface area contributed by atoms with E-state index in [9.17, 15) is 9.18 Å². The van der Waals surface area contributed by atoms with Gasteiger partial charge in [-0.25, -0.2) is 14.2 Å². The molecule has 2 aromatic carbocycles. The minimum atomic E-state index is -0.301. The van der Waals surface area contributed by atoms with E-state index in [2.05, 4.69) is 50.6 Å². The third-order valence-electron chi connectivity index (χ3n) is 5.30. The highest BCUT2D eigenvalue weighted by Gasteiger charge is 2.15. The lowest BCUT2D eigenvalue weighted by Crippen LogP contribution is -2.32. The van der Waals surface area contributed by atoms with Gasteiger partial charge in [-0.05, 0) is 68.5 Å². The predicted molar refractivity (Wildman–Crippen MR) is 130 cm³/mol. The first-order valence-electron chi connectivity index (χ1n) is 10.9. The van der Waals surface area contributed by atoms with Crippen LogP contribution in [0.1, 0.15) is 29.6 Å². The van der Waals surface area contributed by atoms with Crippen LogP contribution in [0.5, 0.6) is 0 Å². The Morgan fingerprint density at radius 3 is 2.48 bits per heavy atom. The average molecular weight is 464 g/mol. The van der Waals surface area contributed by atoms with Gasteiger partial charge in [0.05, 0.1) is 22.8 Å². The van der Waals surface area contributed by atoms with Crippen molar-refractivity contribution in [2.24, 2.45) is 0 Å². The van der Waals surface area contributed by atoms with Gasteiger partial charge >= 0.3 is 6.03 Å². The van der Waals surface area contributed by atoms with Crippen molar-refractivity contribution in [2.75, 3.05) is 6.54 Å². The molecule has 33 heavy (non-hydrogen) atoms. The summed E-state index contributed by atoms with van der Waals surface area (Å²) in [7, 11) is 0. The smallest absolute Gasteiger partial charge is 0.325 e. The molecule has 0 aliphatic carbocycles. The third-order valence-corrected chi connectivity index (χ3v) is 6.10. The van der Waals surface area contributed by atoms with Crippen LogP contribution in [0.3, 0.4) is 0 Å². The average Bonchev–Trinajstić information content (AvgIpc) is 3.18.